The normalized spacial score (nSPS) is 13.4. The molecule has 1 aliphatic rings. The lowest BCUT2D eigenvalue weighted by Crippen LogP contribution is -2.35. The summed E-state index contributed by atoms with van der Waals surface area (Å²) in [6.07, 6.45) is 3.29. The van der Waals surface area contributed by atoms with Crippen molar-refractivity contribution in [3.8, 4) is 11.5 Å². The SMILES string of the molecule is CC(C)(CNC(=O)/C=C/c1nc2ccccc2s1)c1ccc2c(c1)OCO2. The van der Waals surface area contributed by atoms with E-state index in [1.165, 1.54) is 6.08 Å². The minimum Gasteiger partial charge on any atom is -0.454 e. The molecule has 27 heavy (non-hydrogen) atoms. The van der Waals surface area contributed by atoms with Gasteiger partial charge in [0.05, 0.1) is 10.2 Å². The van der Waals surface area contributed by atoms with Gasteiger partial charge in [0, 0.05) is 18.0 Å². The van der Waals surface area contributed by atoms with Crippen molar-refractivity contribution >= 4 is 33.5 Å². The van der Waals surface area contributed by atoms with Gasteiger partial charge in [-0.05, 0) is 35.9 Å². The predicted octanol–water partition coefficient (Wildman–Crippen LogP) is 4.13. The lowest BCUT2D eigenvalue weighted by molar-refractivity contribution is -0.116. The monoisotopic (exact) mass is 380 g/mol. The van der Waals surface area contributed by atoms with E-state index in [4.69, 9.17) is 9.47 Å². The Balaban J connectivity index is 1.39. The standard InChI is InChI=1S/C21H20N2O3S/c1-21(2,14-7-8-16-17(11-14)26-13-25-16)12-22-19(24)9-10-20-23-15-5-3-4-6-18(15)27-20/h3-11H,12-13H2,1-2H3,(H,22,24)/b10-9+. The second-order valence-corrected chi connectivity index (χ2v) is 8.09. The summed E-state index contributed by atoms with van der Waals surface area (Å²) < 4.78 is 11.9. The van der Waals surface area contributed by atoms with Gasteiger partial charge in [-0.2, -0.15) is 0 Å². The van der Waals surface area contributed by atoms with Gasteiger partial charge in [0.25, 0.3) is 0 Å². The zero-order valence-electron chi connectivity index (χ0n) is 15.2. The number of hydrogen-bond acceptors (Lipinski definition) is 5. The van der Waals surface area contributed by atoms with Crippen molar-refractivity contribution in [2.45, 2.75) is 19.3 Å². The molecule has 1 amide bonds. The fourth-order valence-electron chi connectivity index (χ4n) is 2.89. The second-order valence-electron chi connectivity index (χ2n) is 7.02. The van der Waals surface area contributed by atoms with Crippen molar-refractivity contribution in [3.63, 3.8) is 0 Å². The number of ether oxygens (including phenoxy) is 2. The molecule has 6 heteroatoms. The van der Waals surface area contributed by atoms with Gasteiger partial charge in [0.15, 0.2) is 11.5 Å². The fourth-order valence-corrected chi connectivity index (χ4v) is 3.77. The maximum atomic E-state index is 12.2. The van der Waals surface area contributed by atoms with E-state index in [1.54, 1.807) is 17.4 Å². The number of thiazole rings is 1. The zero-order chi connectivity index (χ0) is 18.9. The summed E-state index contributed by atoms with van der Waals surface area (Å²) in [4.78, 5) is 16.7. The van der Waals surface area contributed by atoms with Gasteiger partial charge < -0.3 is 14.8 Å². The van der Waals surface area contributed by atoms with Crippen molar-refractivity contribution in [3.05, 3.63) is 59.1 Å². The highest BCUT2D eigenvalue weighted by Crippen LogP contribution is 2.36. The molecule has 3 aromatic rings. The highest BCUT2D eigenvalue weighted by atomic mass is 32.1. The van der Waals surface area contributed by atoms with Crippen molar-refractivity contribution in [2.24, 2.45) is 0 Å². The van der Waals surface area contributed by atoms with Crippen molar-refractivity contribution in [1.29, 1.82) is 0 Å². The number of amides is 1. The first-order valence-electron chi connectivity index (χ1n) is 8.73. The fraction of sp³-hybridized carbons (Fsp3) is 0.238. The number of carbonyl (C=O) groups excluding carboxylic acids is 1. The molecular weight excluding hydrogens is 360 g/mol. The highest BCUT2D eigenvalue weighted by molar-refractivity contribution is 7.19. The minimum absolute atomic E-state index is 0.136. The molecular formula is C21H20N2O3S. The zero-order valence-corrected chi connectivity index (χ0v) is 16.0. The van der Waals surface area contributed by atoms with E-state index in [-0.39, 0.29) is 18.1 Å². The Morgan fingerprint density at radius 1 is 1.22 bits per heavy atom. The van der Waals surface area contributed by atoms with Crippen LogP contribution in [0.1, 0.15) is 24.4 Å². The highest BCUT2D eigenvalue weighted by Gasteiger charge is 2.24. The van der Waals surface area contributed by atoms with E-state index in [0.29, 0.717) is 6.54 Å². The Kier molecular flexibility index (Phi) is 4.58. The quantitative estimate of drug-likeness (QED) is 0.676. The molecule has 1 aliphatic heterocycles. The number of benzene rings is 2. The van der Waals surface area contributed by atoms with Gasteiger partial charge in [-0.1, -0.05) is 32.0 Å². The molecule has 2 heterocycles. The number of fused-ring (bicyclic) bond motifs is 2. The first-order chi connectivity index (χ1) is 13.0. The molecule has 0 spiro atoms. The summed E-state index contributed by atoms with van der Waals surface area (Å²) >= 11 is 1.57. The van der Waals surface area contributed by atoms with Crippen LogP contribution in [-0.4, -0.2) is 24.2 Å². The van der Waals surface area contributed by atoms with Crippen LogP contribution in [0.25, 0.3) is 16.3 Å². The lowest BCUT2D eigenvalue weighted by Gasteiger charge is -2.25. The summed E-state index contributed by atoms with van der Waals surface area (Å²) in [5.74, 6) is 1.38. The van der Waals surface area contributed by atoms with Crippen LogP contribution in [0.3, 0.4) is 0 Å². The van der Waals surface area contributed by atoms with E-state index < -0.39 is 0 Å². The first-order valence-corrected chi connectivity index (χ1v) is 9.54. The van der Waals surface area contributed by atoms with Gasteiger partial charge in [-0.15, -0.1) is 11.3 Å². The third kappa shape index (κ3) is 3.80. The number of para-hydroxylation sites is 1. The van der Waals surface area contributed by atoms with Crippen LogP contribution in [0.2, 0.25) is 0 Å². The topological polar surface area (TPSA) is 60.5 Å². The Labute approximate surface area is 161 Å². The van der Waals surface area contributed by atoms with Crippen LogP contribution in [0.15, 0.2) is 48.5 Å². The summed E-state index contributed by atoms with van der Waals surface area (Å²) in [6, 6.07) is 13.8. The molecule has 0 aliphatic carbocycles. The Morgan fingerprint density at radius 2 is 2.04 bits per heavy atom. The average Bonchev–Trinajstić information content (AvgIpc) is 3.30. The number of carbonyl (C=O) groups is 1. The van der Waals surface area contributed by atoms with Gasteiger partial charge in [-0.3, -0.25) is 4.79 Å². The summed E-state index contributed by atoms with van der Waals surface area (Å²) in [6.45, 7) is 4.94. The molecule has 138 valence electrons. The maximum Gasteiger partial charge on any atom is 0.244 e. The number of hydrogen-bond donors (Lipinski definition) is 1. The van der Waals surface area contributed by atoms with Gasteiger partial charge in [0.2, 0.25) is 12.7 Å². The molecule has 0 unspecified atom stereocenters. The Morgan fingerprint density at radius 3 is 2.89 bits per heavy atom. The van der Waals surface area contributed by atoms with Crippen molar-refractivity contribution in [2.75, 3.05) is 13.3 Å². The molecule has 0 atom stereocenters. The van der Waals surface area contributed by atoms with Crippen LogP contribution in [0.5, 0.6) is 11.5 Å². The number of aromatic nitrogens is 1. The van der Waals surface area contributed by atoms with Gasteiger partial charge in [0.1, 0.15) is 5.01 Å². The van der Waals surface area contributed by atoms with Gasteiger partial charge >= 0.3 is 0 Å². The van der Waals surface area contributed by atoms with Crippen molar-refractivity contribution < 1.29 is 14.3 Å². The molecule has 1 aromatic heterocycles. The minimum atomic E-state index is -0.236. The molecule has 2 aromatic carbocycles. The molecule has 0 radical (unpaired) electrons. The van der Waals surface area contributed by atoms with Crippen LogP contribution in [0, 0.1) is 0 Å². The molecule has 1 N–H and O–H groups in total. The van der Waals surface area contributed by atoms with Crippen molar-refractivity contribution in [1.82, 2.24) is 10.3 Å². The van der Waals surface area contributed by atoms with E-state index in [2.05, 4.69) is 24.1 Å². The van der Waals surface area contributed by atoms with Crippen LogP contribution < -0.4 is 14.8 Å². The first kappa shape index (κ1) is 17.5. The molecule has 0 fully saturated rings. The third-order valence-corrected chi connectivity index (χ3v) is 5.55. The van der Waals surface area contributed by atoms with E-state index in [9.17, 15) is 4.79 Å². The molecule has 0 bridgehead atoms. The second kappa shape index (κ2) is 7.04. The van der Waals surface area contributed by atoms with Crippen LogP contribution in [0.4, 0.5) is 0 Å². The molecule has 0 saturated heterocycles. The third-order valence-electron chi connectivity index (χ3n) is 4.55. The smallest absolute Gasteiger partial charge is 0.244 e. The molecule has 4 rings (SSSR count). The van der Waals surface area contributed by atoms with Gasteiger partial charge in [-0.25, -0.2) is 4.98 Å². The molecule has 5 nitrogen and oxygen atoms in total. The Bertz CT molecular complexity index is 990. The van der Waals surface area contributed by atoms with E-state index in [0.717, 1.165) is 32.3 Å². The Hall–Kier alpha value is -2.86. The molecule has 0 saturated carbocycles. The number of nitrogens with zero attached hydrogens (tertiary/aromatic N) is 1. The number of rotatable bonds is 5. The largest absolute Gasteiger partial charge is 0.454 e. The van der Waals surface area contributed by atoms with E-state index in [1.807, 2.05) is 42.5 Å². The summed E-state index contributed by atoms with van der Waals surface area (Å²) in [7, 11) is 0. The maximum absolute atomic E-state index is 12.2. The lowest BCUT2D eigenvalue weighted by atomic mass is 9.84. The number of nitrogens with one attached hydrogen (secondary N) is 1. The predicted molar refractivity (Wildman–Crippen MR) is 107 cm³/mol. The summed E-state index contributed by atoms with van der Waals surface area (Å²) in [5.41, 5.74) is 1.80. The van der Waals surface area contributed by atoms with Crippen LogP contribution in [-0.2, 0) is 10.2 Å². The van der Waals surface area contributed by atoms with Crippen LogP contribution >= 0.6 is 11.3 Å². The summed E-state index contributed by atoms with van der Waals surface area (Å²) in [5, 5.41) is 3.79. The van der Waals surface area contributed by atoms with E-state index >= 15 is 0 Å². The average molecular weight is 380 g/mol.